The van der Waals surface area contributed by atoms with Crippen LogP contribution in [0.3, 0.4) is 0 Å². The molecule has 2 atom stereocenters. The molecule has 0 bridgehead atoms. The topological polar surface area (TPSA) is 38.8 Å². The number of rotatable bonds is 6. The molecule has 1 fully saturated rings. The Bertz CT molecular complexity index is 892. The van der Waals surface area contributed by atoms with Crippen molar-refractivity contribution < 1.29 is 14.0 Å². The van der Waals surface area contributed by atoms with E-state index in [-0.39, 0.29) is 23.1 Å². The summed E-state index contributed by atoms with van der Waals surface area (Å²) >= 11 is 0. The van der Waals surface area contributed by atoms with Crippen molar-refractivity contribution in [2.24, 2.45) is 5.92 Å². The van der Waals surface area contributed by atoms with Crippen molar-refractivity contribution in [2.75, 3.05) is 6.54 Å². The Kier molecular flexibility index (Phi) is 7.54. The van der Waals surface area contributed by atoms with Gasteiger partial charge in [0, 0.05) is 12.5 Å². The Morgan fingerprint density at radius 2 is 1.48 bits per heavy atom. The van der Waals surface area contributed by atoms with Gasteiger partial charge in [0.2, 0.25) is 0 Å². The van der Waals surface area contributed by atoms with Gasteiger partial charge in [0.15, 0.2) is 9.76 Å². The van der Waals surface area contributed by atoms with Crippen LogP contribution >= 0.6 is 0 Å². The predicted octanol–water partition coefficient (Wildman–Crippen LogP) is 6.06. The summed E-state index contributed by atoms with van der Waals surface area (Å²) in [5, 5.41) is 0.0772. The highest BCUT2D eigenvalue weighted by Gasteiger charge is 2.53. The van der Waals surface area contributed by atoms with Crippen molar-refractivity contribution in [1.29, 1.82) is 0 Å². The molecule has 0 aliphatic carbocycles. The Labute approximate surface area is 201 Å². The normalized spacial score (nSPS) is 19.8. The molecule has 1 amide bonds. The van der Waals surface area contributed by atoms with E-state index in [2.05, 4.69) is 51.6 Å². The number of ether oxygens (including phenoxy) is 1. The molecule has 1 aliphatic heterocycles. The second-order valence-electron chi connectivity index (χ2n) is 11.1. The molecule has 0 aromatic heterocycles. The van der Waals surface area contributed by atoms with E-state index in [0.717, 1.165) is 17.5 Å². The van der Waals surface area contributed by atoms with Crippen LogP contribution in [0.1, 0.15) is 59.1 Å². The molecule has 0 unspecified atom stereocenters. The fourth-order valence-corrected chi connectivity index (χ4v) is 5.74. The summed E-state index contributed by atoms with van der Waals surface area (Å²) in [4.78, 5) is 15.4. The Balaban J connectivity index is 2.25. The highest BCUT2D eigenvalue weighted by atomic mass is 28.2. The van der Waals surface area contributed by atoms with E-state index < -0.39 is 21.0 Å². The number of likely N-dealkylation sites (tertiary alicyclic amines) is 1. The quantitative estimate of drug-likeness (QED) is 0.384. The number of carbonyl (C=O) groups excluding carboxylic acids is 1. The van der Waals surface area contributed by atoms with E-state index in [9.17, 15) is 4.79 Å². The van der Waals surface area contributed by atoms with Gasteiger partial charge in [-0.3, -0.25) is 0 Å². The molecule has 0 spiro atoms. The summed E-state index contributed by atoms with van der Waals surface area (Å²) in [6.07, 6.45) is 2.52. The fourth-order valence-electron chi connectivity index (χ4n) is 4.57. The van der Waals surface area contributed by atoms with Gasteiger partial charge in [0.25, 0.3) is 0 Å². The second kappa shape index (κ2) is 9.86. The maximum Gasteiger partial charge on any atom is 0.410 e. The third-order valence-electron chi connectivity index (χ3n) is 5.93. The maximum atomic E-state index is 13.5. The number of amides is 1. The molecule has 33 heavy (non-hydrogen) atoms. The number of hydrogen-bond acceptors (Lipinski definition) is 3. The minimum absolute atomic E-state index is 0.0758. The second-order valence-corrected chi connectivity index (χ2v) is 13.8. The molecular weight excluding hydrogens is 426 g/mol. The highest BCUT2D eigenvalue weighted by molar-refractivity contribution is 6.32. The lowest BCUT2D eigenvalue weighted by Crippen LogP contribution is -2.55. The number of benzene rings is 2. The van der Waals surface area contributed by atoms with E-state index in [4.69, 9.17) is 9.16 Å². The smallest absolute Gasteiger partial charge is 0.410 e. The van der Waals surface area contributed by atoms with Crippen LogP contribution in [0.15, 0.2) is 73.3 Å². The van der Waals surface area contributed by atoms with Crippen molar-refractivity contribution in [3.63, 3.8) is 0 Å². The van der Waals surface area contributed by atoms with E-state index in [1.165, 1.54) is 0 Å². The van der Waals surface area contributed by atoms with Crippen LogP contribution in [0.5, 0.6) is 0 Å². The minimum atomic E-state index is -1.00. The van der Waals surface area contributed by atoms with Gasteiger partial charge in [-0.1, -0.05) is 87.5 Å². The zero-order valence-electron chi connectivity index (χ0n) is 21.0. The molecule has 1 saturated heterocycles. The summed E-state index contributed by atoms with van der Waals surface area (Å²) < 4.78 is 13.0. The average molecular weight is 466 g/mol. The first-order valence-corrected chi connectivity index (χ1v) is 13.1. The molecule has 0 saturated carbocycles. The van der Waals surface area contributed by atoms with Crippen molar-refractivity contribution >= 4 is 15.9 Å². The third kappa shape index (κ3) is 5.77. The van der Waals surface area contributed by atoms with E-state index in [1.54, 1.807) is 0 Å². The first-order chi connectivity index (χ1) is 15.5. The molecule has 2 aromatic rings. The van der Waals surface area contributed by atoms with Gasteiger partial charge in [-0.25, -0.2) is 4.79 Å². The van der Waals surface area contributed by atoms with E-state index in [0.29, 0.717) is 6.54 Å². The lowest BCUT2D eigenvalue weighted by atomic mass is 9.75. The number of carbonyl (C=O) groups is 1. The SMILES string of the molecule is C=C[C@H]1CCN(C(=O)OC(C)(C)C)[C@@H]1C(O[SiH2]C(C)(C)C)(c1ccccc1)c1ccccc1. The Morgan fingerprint density at radius 3 is 1.91 bits per heavy atom. The van der Waals surface area contributed by atoms with Crippen LogP contribution < -0.4 is 0 Å². The van der Waals surface area contributed by atoms with Crippen molar-refractivity contribution in [3.8, 4) is 0 Å². The molecule has 0 N–H and O–H groups in total. The largest absolute Gasteiger partial charge is 0.444 e. The average Bonchev–Trinajstić information content (AvgIpc) is 3.19. The summed E-state index contributed by atoms with van der Waals surface area (Å²) in [5.74, 6) is 0.0758. The molecule has 1 aliphatic rings. The first kappa shape index (κ1) is 25.3. The van der Waals surface area contributed by atoms with Gasteiger partial charge in [-0.2, -0.15) is 0 Å². The van der Waals surface area contributed by atoms with Crippen molar-refractivity contribution in [1.82, 2.24) is 4.90 Å². The predicted molar refractivity (Wildman–Crippen MR) is 138 cm³/mol. The van der Waals surface area contributed by atoms with Crippen LogP contribution in [0, 0.1) is 5.92 Å². The monoisotopic (exact) mass is 465 g/mol. The van der Waals surface area contributed by atoms with Crippen LogP contribution in [-0.2, 0) is 14.8 Å². The van der Waals surface area contributed by atoms with Gasteiger partial charge in [-0.15, -0.1) is 6.58 Å². The van der Waals surface area contributed by atoms with E-state index >= 15 is 0 Å². The van der Waals surface area contributed by atoms with Gasteiger partial charge >= 0.3 is 6.09 Å². The number of nitrogens with zero attached hydrogens (tertiary/aromatic N) is 1. The van der Waals surface area contributed by atoms with Gasteiger partial charge in [0.05, 0.1) is 6.04 Å². The molecule has 3 rings (SSSR count). The number of hydrogen-bond donors (Lipinski definition) is 0. The molecule has 5 heteroatoms. The maximum absolute atomic E-state index is 13.5. The first-order valence-electron chi connectivity index (χ1n) is 11.8. The zero-order chi connectivity index (χ0) is 24.3. The molecule has 0 radical (unpaired) electrons. The summed E-state index contributed by atoms with van der Waals surface area (Å²) in [6.45, 7) is 17.2. The van der Waals surface area contributed by atoms with Crippen LogP contribution in [-0.4, -0.2) is 38.9 Å². The van der Waals surface area contributed by atoms with Crippen LogP contribution in [0.4, 0.5) is 4.79 Å². The van der Waals surface area contributed by atoms with Gasteiger partial charge in [-0.05, 0) is 43.4 Å². The molecule has 1 heterocycles. The summed E-state index contributed by atoms with van der Waals surface area (Å²) in [5.41, 5.74) is 0.728. The fraction of sp³-hybridized carbons (Fsp3) is 0.464. The Hall–Kier alpha value is -2.37. The zero-order valence-corrected chi connectivity index (χ0v) is 22.4. The molecule has 2 aromatic carbocycles. The lowest BCUT2D eigenvalue weighted by Gasteiger charge is -2.47. The van der Waals surface area contributed by atoms with Crippen LogP contribution in [0.2, 0.25) is 5.04 Å². The van der Waals surface area contributed by atoms with Crippen molar-refractivity contribution in [3.05, 3.63) is 84.4 Å². The minimum Gasteiger partial charge on any atom is -0.444 e. The molecular formula is C28H39NO3Si. The van der Waals surface area contributed by atoms with Crippen LogP contribution in [0.25, 0.3) is 0 Å². The van der Waals surface area contributed by atoms with Gasteiger partial charge < -0.3 is 14.1 Å². The summed E-state index contributed by atoms with van der Waals surface area (Å²) in [7, 11) is -1.00. The standard InChI is InChI=1S/C28H39NO3Si/c1-8-21-19-20-29(25(30)31-26(2,3)4)24(21)28(32-33-27(5,6)7,22-15-11-9-12-16-22)23-17-13-10-14-18-23/h8-18,21,24H,1,19-20,33H2,2-7H3/t21-,24-/m0/s1. The van der Waals surface area contributed by atoms with Crippen molar-refractivity contribution in [2.45, 2.75) is 70.2 Å². The molecule has 4 nitrogen and oxygen atoms in total. The summed E-state index contributed by atoms with van der Waals surface area (Å²) in [6, 6.07) is 20.4. The Morgan fingerprint density at radius 1 is 0.970 bits per heavy atom. The van der Waals surface area contributed by atoms with E-state index in [1.807, 2.05) is 68.1 Å². The lowest BCUT2D eigenvalue weighted by molar-refractivity contribution is -0.0194. The molecule has 178 valence electrons. The van der Waals surface area contributed by atoms with Gasteiger partial charge in [0.1, 0.15) is 11.2 Å². The highest BCUT2D eigenvalue weighted by Crippen LogP contribution is 2.47. The third-order valence-corrected chi connectivity index (χ3v) is 7.40.